The Balaban J connectivity index is 1.19. The van der Waals surface area contributed by atoms with Crippen LogP contribution in [0.15, 0.2) is 109 Å². The van der Waals surface area contributed by atoms with E-state index in [4.69, 9.17) is 28.4 Å². The molecule has 0 saturated carbocycles. The summed E-state index contributed by atoms with van der Waals surface area (Å²) in [6.07, 6.45) is 1.85. The number of hydrogen-bond donors (Lipinski definition) is 0. The van der Waals surface area contributed by atoms with Crippen molar-refractivity contribution in [3.63, 3.8) is 0 Å². The Hall–Kier alpha value is -6.56. The predicted molar refractivity (Wildman–Crippen MR) is 167 cm³/mol. The first-order chi connectivity index (χ1) is 23.1. The minimum absolute atomic E-state index is 0.0761. The minimum atomic E-state index is -0.786. The molecular weight excluding hydrogens is 624 g/mol. The standard InChI is InChI=1S/C36H28O12/c1-23(37)45-31-9-5-3-7-29(31)35(41)47-27-15-11-25(12-16-27)21-43-33(39)19-20-34(40)44-22-26-13-17-28(18-14-26)48-36(42)30-8-4-6-10-32(30)46-24(2)38/h3-20H,21-22H2,1-2H3. The first-order valence-corrected chi connectivity index (χ1v) is 14.3. The molecule has 0 atom stereocenters. The first kappa shape index (κ1) is 34.3. The summed E-state index contributed by atoms with van der Waals surface area (Å²) in [7, 11) is 0. The third kappa shape index (κ3) is 10.5. The topological polar surface area (TPSA) is 158 Å². The minimum Gasteiger partial charge on any atom is -0.458 e. The number of para-hydroxylation sites is 2. The zero-order chi connectivity index (χ0) is 34.5. The highest BCUT2D eigenvalue weighted by molar-refractivity contribution is 5.95. The molecular formula is C36H28O12. The number of benzene rings is 4. The van der Waals surface area contributed by atoms with Gasteiger partial charge in [-0.3, -0.25) is 9.59 Å². The molecule has 0 heterocycles. The van der Waals surface area contributed by atoms with Crippen molar-refractivity contribution in [2.45, 2.75) is 27.1 Å². The van der Waals surface area contributed by atoms with Crippen molar-refractivity contribution in [1.82, 2.24) is 0 Å². The third-order valence-corrected chi connectivity index (χ3v) is 6.11. The Morgan fingerprint density at radius 1 is 0.479 bits per heavy atom. The van der Waals surface area contributed by atoms with Gasteiger partial charge in [-0.15, -0.1) is 0 Å². The molecule has 12 nitrogen and oxygen atoms in total. The van der Waals surface area contributed by atoms with E-state index in [9.17, 15) is 28.8 Å². The summed E-state index contributed by atoms with van der Waals surface area (Å²) in [5.74, 6) is -3.58. The zero-order valence-corrected chi connectivity index (χ0v) is 25.7. The van der Waals surface area contributed by atoms with E-state index in [1.165, 1.54) is 62.4 Å². The van der Waals surface area contributed by atoms with Crippen LogP contribution >= 0.6 is 0 Å². The average molecular weight is 653 g/mol. The van der Waals surface area contributed by atoms with Crippen LogP contribution in [0, 0.1) is 0 Å². The van der Waals surface area contributed by atoms with Gasteiger partial charge in [-0.1, -0.05) is 48.5 Å². The van der Waals surface area contributed by atoms with Gasteiger partial charge >= 0.3 is 35.8 Å². The van der Waals surface area contributed by atoms with Crippen LogP contribution in [0.2, 0.25) is 0 Å². The lowest BCUT2D eigenvalue weighted by Crippen LogP contribution is -2.12. The SMILES string of the molecule is CC(=O)Oc1ccccc1C(=O)Oc1ccc(COC(=O)C=CC(=O)OCc2ccc(OC(=O)c3ccccc3OC(C)=O)cc2)cc1. The normalized spacial score (nSPS) is 10.5. The molecule has 4 aromatic rings. The molecule has 0 aliphatic carbocycles. The fourth-order valence-electron chi connectivity index (χ4n) is 3.93. The van der Waals surface area contributed by atoms with E-state index in [2.05, 4.69) is 0 Å². The number of hydrogen-bond acceptors (Lipinski definition) is 12. The molecule has 48 heavy (non-hydrogen) atoms. The number of carbonyl (C=O) groups is 6. The van der Waals surface area contributed by atoms with Crippen LogP contribution in [0.5, 0.6) is 23.0 Å². The molecule has 244 valence electrons. The lowest BCUT2D eigenvalue weighted by molar-refractivity contribution is -0.141. The second-order valence-electron chi connectivity index (χ2n) is 9.80. The van der Waals surface area contributed by atoms with Gasteiger partial charge in [0.1, 0.15) is 47.3 Å². The second-order valence-corrected chi connectivity index (χ2v) is 9.80. The van der Waals surface area contributed by atoms with Crippen molar-refractivity contribution >= 4 is 35.8 Å². The van der Waals surface area contributed by atoms with Crippen molar-refractivity contribution in [2.24, 2.45) is 0 Å². The highest BCUT2D eigenvalue weighted by Crippen LogP contribution is 2.23. The summed E-state index contributed by atoms with van der Waals surface area (Å²) in [6.45, 7) is 2.21. The van der Waals surface area contributed by atoms with Gasteiger partial charge in [-0.05, 0) is 59.7 Å². The molecule has 0 radical (unpaired) electrons. The molecule has 0 saturated heterocycles. The average Bonchev–Trinajstić information content (AvgIpc) is 3.06. The van der Waals surface area contributed by atoms with Crippen LogP contribution < -0.4 is 18.9 Å². The fraction of sp³-hybridized carbons (Fsp3) is 0.111. The summed E-state index contributed by atoms with van der Waals surface area (Å²) in [4.78, 5) is 71.8. The van der Waals surface area contributed by atoms with E-state index in [-0.39, 0.29) is 47.3 Å². The summed E-state index contributed by atoms with van der Waals surface area (Å²) >= 11 is 0. The smallest absolute Gasteiger partial charge is 0.347 e. The molecule has 4 aromatic carbocycles. The number of esters is 6. The Kier molecular flexibility index (Phi) is 11.9. The van der Waals surface area contributed by atoms with Crippen LogP contribution in [0.25, 0.3) is 0 Å². The lowest BCUT2D eigenvalue weighted by atomic mass is 10.2. The van der Waals surface area contributed by atoms with Gasteiger partial charge in [0.15, 0.2) is 0 Å². The molecule has 12 heteroatoms. The van der Waals surface area contributed by atoms with Crippen LogP contribution in [0.3, 0.4) is 0 Å². The summed E-state index contributed by atoms with van der Waals surface area (Å²) in [6, 6.07) is 24.7. The molecule has 0 bridgehead atoms. The quantitative estimate of drug-likeness (QED) is 0.110. The van der Waals surface area contributed by atoms with E-state index in [1.807, 2.05) is 0 Å². The Bertz CT molecular complexity index is 1700. The molecule has 0 aromatic heterocycles. The largest absolute Gasteiger partial charge is 0.458 e. The fourth-order valence-corrected chi connectivity index (χ4v) is 3.93. The first-order valence-electron chi connectivity index (χ1n) is 14.3. The number of rotatable bonds is 12. The van der Waals surface area contributed by atoms with Crippen LogP contribution in [0.1, 0.15) is 45.7 Å². The maximum Gasteiger partial charge on any atom is 0.347 e. The number of carbonyl (C=O) groups excluding carboxylic acids is 6. The van der Waals surface area contributed by atoms with Gasteiger partial charge in [0.25, 0.3) is 0 Å². The second kappa shape index (κ2) is 16.7. The summed E-state index contributed by atoms with van der Waals surface area (Å²) < 4.78 is 31.0. The van der Waals surface area contributed by atoms with Crippen LogP contribution in [-0.4, -0.2) is 35.8 Å². The van der Waals surface area contributed by atoms with Crippen molar-refractivity contribution in [3.05, 3.63) is 131 Å². The molecule has 0 unspecified atom stereocenters. The molecule has 0 spiro atoms. The molecule has 0 amide bonds. The summed E-state index contributed by atoms with van der Waals surface area (Å²) in [5.41, 5.74) is 1.33. The molecule has 4 rings (SSSR count). The number of ether oxygens (including phenoxy) is 6. The van der Waals surface area contributed by atoms with E-state index in [1.54, 1.807) is 48.5 Å². The Morgan fingerprint density at radius 3 is 1.19 bits per heavy atom. The highest BCUT2D eigenvalue weighted by atomic mass is 16.6. The van der Waals surface area contributed by atoms with E-state index in [0.29, 0.717) is 11.1 Å². The van der Waals surface area contributed by atoms with Crippen molar-refractivity contribution in [3.8, 4) is 23.0 Å². The Morgan fingerprint density at radius 2 is 0.833 bits per heavy atom. The van der Waals surface area contributed by atoms with Gasteiger partial charge in [0, 0.05) is 26.0 Å². The van der Waals surface area contributed by atoms with Crippen LogP contribution in [-0.2, 0) is 41.9 Å². The maximum atomic E-state index is 12.5. The van der Waals surface area contributed by atoms with Crippen LogP contribution in [0.4, 0.5) is 0 Å². The zero-order valence-electron chi connectivity index (χ0n) is 25.7. The monoisotopic (exact) mass is 652 g/mol. The highest BCUT2D eigenvalue weighted by Gasteiger charge is 2.17. The predicted octanol–water partition coefficient (Wildman–Crippen LogP) is 5.32. The van der Waals surface area contributed by atoms with Crippen molar-refractivity contribution < 1.29 is 57.2 Å². The third-order valence-electron chi connectivity index (χ3n) is 6.11. The van der Waals surface area contributed by atoms with E-state index in [0.717, 1.165) is 12.2 Å². The van der Waals surface area contributed by atoms with Gasteiger partial charge in [-0.25, -0.2) is 19.2 Å². The Labute approximate surface area is 274 Å². The lowest BCUT2D eigenvalue weighted by Gasteiger charge is -2.09. The molecule has 0 aliphatic rings. The maximum absolute atomic E-state index is 12.5. The van der Waals surface area contributed by atoms with E-state index < -0.39 is 35.8 Å². The summed E-state index contributed by atoms with van der Waals surface area (Å²) in [5, 5.41) is 0. The van der Waals surface area contributed by atoms with E-state index >= 15 is 0 Å². The van der Waals surface area contributed by atoms with Gasteiger partial charge in [0.2, 0.25) is 0 Å². The molecule has 0 fully saturated rings. The van der Waals surface area contributed by atoms with Crippen molar-refractivity contribution in [1.29, 1.82) is 0 Å². The van der Waals surface area contributed by atoms with Crippen molar-refractivity contribution in [2.75, 3.05) is 0 Å². The van der Waals surface area contributed by atoms with Gasteiger partial charge in [0.05, 0.1) is 0 Å². The molecule has 0 aliphatic heterocycles. The van der Waals surface area contributed by atoms with Gasteiger partial charge < -0.3 is 28.4 Å². The molecule has 0 N–H and O–H groups in total. The van der Waals surface area contributed by atoms with Gasteiger partial charge in [-0.2, -0.15) is 0 Å².